The van der Waals surface area contributed by atoms with Crippen LogP contribution in [-0.4, -0.2) is 54.0 Å². The second-order valence-electron chi connectivity index (χ2n) is 7.02. The normalized spacial score (nSPS) is 10.5. The number of carbonyl (C=O) groups is 3. The number of hydrogen-bond donors (Lipinski definition) is 4. The van der Waals surface area contributed by atoms with Crippen LogP contribution in [0.5, 0.6) is 11.5 Å². The summed E-state index contributed by atoms with van der Waals surface area (Å²) in [5.41, 5.74) is 0.147. The van der Waals surface area contributed by atoms with Gasteiger partial charge in [0.2, 0.25) is 5.91 Å². The maximum Gasteiger partial charge on any atom is 0.325 e. The van der Waals surface area contributed by atoms with Crippen molar-refractivity contribution in [3.63, 3.8) is 0 Å². The average Bonchev–Trinajstić information content (AvgIpc) is 2.75. The molecule has 0 aliphatic rings. The summed E-state index contributed by atoms with van der Waals surface area (Å²) < 4.78 is 19.9. The second kappa shape index (κ2) is 13.0. The highest BCUT2D eigenvalue weighted by molar-refractivity contribution is 6.00. The fourth-order valence-electron chi connectivity index (χ4n) is 2.86. The molecule has 0 radical (unpaired) electrons. The quantitative estimate of drug-likeness (QED) is 0.402. The molecular formula is C22H29FN6O4. The molecule has 2 aromatic rings. The number of nitrogens with zero attached hydrogens (tertiary/aromatic N) is 2. The topological polar surface area (TPSA) is 125 Å². The second-order valence-corrected chi connectivity index (χ2v) is 7.02. The molecule has 4 N–H and O–H groups in total. The van der Waals surface area contributed by atoms with Crippen LogP contribution in [-0.2, 0) is 4.79 Å². The zero-order valence-electron chi connectivity index (χ0n) is 18.9. The predicted octanol–water partition coefficient (Wildman–Crippen LogP) is 3.53. The van der Waals surface area contributed by atoms with Crippen LogP contribution in [0.2, 0.25) is 0 Å². The van der Waals surface area contributed by atoms with Crippen LogP contribution < -0.4 is 26.0 Å². The van der Waals surface area contributed by atoms with Crippen LogP contribution >= 0.6 is 0 Å². The highest BCUT2D eigenvalue weighted by Gasteiger charge is 2.10. The average molecular weight is 461 g/mol. The SMILES string of the molecule is CCN(CC)CCCNC(=O)Nc1cc(Oc2ccc(NC(=O)NC(C)=O)cc2F)ccn1. The van der Waals surface area contributed by atoms with Crippen molar-refractivity contribution in [2.45, 2.75) is 27.2 Å². The number of carbonyl (C=O) groups excluding carboxylic acids is 3. The molecule has 33 heavy (non-hydrogen) atoms. The lowest BCUT2D eigenvalue weighted by Gasteiger charge is -2.17. The van der Waals surface area contributed by atoms with Crippen LogP contribution in [0, 0.1) is 5.82 Å². The van der Waals surface area contributed by atoms with Gasteiger partial charge in [-0.1, -0.05) is 13.8 Å². The van der Waals surface area contributed by atoms with Crippen molar-refractivity contribution in [1.82, 2.24) is 20.5 Å². The maximum absolute atomic E-state index is 14.4. The van der Waals surface area contributed by atoms with Gasteiger partial charge in [-0.25, -0.2) is 19.0 Å². The number of nitrogens with one attached hydrogen (secondary N) is 4. The smallest absolute Gasteiger partial charge is 0.325 e. The fraction of sp³-hybridized carbons (Fsp3) is 0.364. The zero-order valence-corrected chi connectivity index (χ0v) is 18.9. The standard InChI is InChI=1S/C22H29FN6O4/c1-4-29(5-2)12-6-10-25-21(31)28-20-14-17(9-11-24-20)33-19-8-7-16(13-18(19)23)27-22(32)26-15(3)30/h7-9,11,13-14H,4-6,10,12H2,1-3H3,(H2,24,25,28,31)(H2,26,27,30,32). The van der Waals surface area contributed by atoms with Crippen molar-refractivity contribution in [2.75, 3.05) is 36.8 Å². The van der Waals surface area contributed by atoms with Crippen molar-refractivity contribution in [3.05, 3.63) is 42.3 Å². The first-order valence-corrected chi connectivity index (χ1v) is 10.6. The lowest BCUT2D eigenvalue weighted by atomic mass is 10.3. The van der Waals surface area contributed by atoms with Gasteiger partial charge < -0.3 is 20.3 Å². The number of rotatable bonds is 10. The fourth-order valence-corrected chi connectivity index (χ4v) is 2.86. The van der Waals surface area contributed by atoms with E-state index in [0.717, 1.165) is 32.1 Å². The first kappa shape index (κ1) is 25.5. The molecule has 0 bridgehead atoms. The molecule has 178 valence electrons. The minimum Gasteiger partial charge on any atom is -0.454 e. The Balaban J connectivity index is 1.89. The molecular weight excluding hydrogens is 431 g/mol. The van der Waals surface area contributed by atoms with Gasteiger partial charge in [0.05, 0.1) is 0 Å². The third-order valence-electron chi connectivity index (χ3n) is 4.51. The number of hydrogen-bond acceptors (Lipinski definition) is 6. The minimum absolute atomic E-state index is 0.0921. The van der Waals surface area contributed by atoms with Gasteiger partial charge in [0.15, 0.2) is 11.6 Å². The van der Waals surface area contributed by atoms with Crippen LogP contribution in [0.4, 0.5) is 25.5 Å². The molecule has 0 saturated carbocycles. The lowest BCUT2D eigenvalue weighted by Crippen LogP contribution is -2.32. The van der Waals surface area contributed by atoms with Crippen LogP contribution in [0.1, 0.15) is 27.2 Å². The number of pyridine rings is 1. The molecule has 0 saturated heterocycles. The van der Waals surface area contributed by atoms with E-state index < -0.39 is 23.8 Å². The number of benzene rings is 1. The van der Waals surface area contributed by atoms with Gasteiger partial charge in [-0.05, 0) is 44.3 Å². The summed E-state index contributed by atoms with van der Waals surface area (Å²) in [5, 5.41) is 9.74. The summed E-state index contributed by atoms with van der Waals surface area (Å²) in [6.45, 7) is 8.73. The van der Waals surface area contributed by atoms with Crippen LogP contribution in [0.3, 0.4) is 0 Å². The maximum atomic E-state index is 14.4. The van der Waals surface area contributed by atoms with Crippen molar-refractivity contribution in [2.24, 2.45) is 0 Å². The van der Waals surface area contributed by atoms with Crippen LogP contribution in [0.25, 0.3) is 0 Å². The van der Waals surface area contributed by atoms with Crippen molar-refractivity contribution < 1.29 is 23.5 Å². The first-order chi connectivity index (χ1) is 15.8. The Kier molecular flexibility index (Phi) is 10.0. The molecule has 1 aromatic carbocycles. The first-order valence-electron chi connectivity index (χ1n) is 10.6. The lowest BCUT2D eigenvalue weighted by molar-refractivity contribution is -0.117. The van der Waals surface area contributed by atoms with E-state index in [1.165, 1.54) is 37.4 Å². The molecule has 0 unspecified atom stereocenters. The number of ether oxygens (including phenoxy) is 1. The Labute approximate surface area is 191 Å². The summed E-state index contributed by atoms with van der Waals surface area (Å²) in [7, 11) is 0. The number of anilines is 2. The molecule has 5 amide bonds. The van der Waals surface area contributed by atoms with Gasteiger partial charge in [-0.2, -0.15) is 0 Å². The van der Waals surface area contributed by atoms with Crippen LogP contribution in [0.15, 0.2) is 36.5 Å². The molecule has 0 aliphatic carbocycles. The molecule has 0 aliphatic heterocycles. The van der Waals surface area contributed by atoms with Gasteiger partial charge in [0, 0.05) is 37.5 Å². The van der Waals surface area contributed by atoms with E-state index in [1.54, 1.807) is 0 Å². The van der Waals surface area contributed by atoms with Crippen molar-refractivity contribution >= 4 is 29.5 Å². The number of imide groups is 1. The highest BCUT2D eigenvalue weighted by Crippen LogP contribution is 2.27. The van der Waals surface area contributed by atoms with Gasteiger partial charge in [0.1, 0.15) is 11.6 Å². The van der Waals surface area contributed by atoms with E-state index in [4.69, 9.17) is 4.74 Å². The van der Waals surface area contributed by atoms with Gasteiger partial charge in [-0.15, -0.1) is 0 Å². The summed E-state index contributed by atoms with van der Waals surface area (Å²) in [6, 6.07) is 5.61. The third-order valence-corrected chi connectivity index (χ3v) is 4.51. The monoisotopic (exact) mass is 460 g/mol. The van der Waals surface area contributed by atoms with E-state index in [-0.39, 0.29) is 23.0 Å². The Morgan fingerprint density at radius 1 is 1.06 bits per heavy atom. The molecule has 0 atom stereocenters. The number of aromatic nitrogens is 1. The third kappa shape index (κ3) is 9.11. The molecule has 1 aromatic heterocycles. The molecule has 0 fully saturated rings. The summed E-state index contributed by atoms with van der Waals surface area (Å²) in [6.07, 6.45) is 2.25. The van der Waals surface area contributed by atoms with E-state index in [1.807, 2.05) is 5.32 Å². The van der Waals surface area contributed by atoms with E-state index in [2.05, 4.69) is 39.7 Å². The Morgan fingerprint density at radius 2 is 1.82 bits per heavy atom. The summed E-state index contributed by atoms with van der Waals surface area (Å²) in [5.74, 6) is -0.856. The van der Waals surface area contributed by atoms with Gasteiger partial charge in [0.25, 0.3) is 0 Å². The Morgan fingerprint density at radius 3 is 2.48 bits per heavy atom. The largest absolute Gasteiger partial charge is 0.454 e. The number of halogens is 1. The highest BCUT2D eigenvalue weighted by atomic mass is 19.1. The number of urea groups is 2. The molecule has 10 nitrogen and oxygen atoms in total. The minimum atomic E-state index is -0.772. The predicted molar refractivity (Wildman–Crippen MR) is 123 cm³/mol. The van der Waals surface area contributed by atoms with Crippen molar-refractivity contribution in [1.29, 1.82) is 0 Å². The van der Waals surface area contributed by atoms with Gasteiger partial charge >= 0.3 is 12.1 Å². The Bertz CT molecular complexity index is 968. The zero-order chi connectivity index (χ0) is 24.2. The molecule has 0 spiro atoms. The van der Waals surface area contributed by atoms with E-state index in [0.29, 0.717) is 6.54 Å². The molecule has 2 rings (SSSR count). The molecule has 1 heterocycles. The van der Waals surface area contributed by atoms with Crippen molar-refractivity contribution in [3.8, 4) is 11.5 Å². The van der Waals surface area contributed by atoms with Gasteiger partial charge in [-0.3, -0.25) is 15.4 Å². The van der Waals surface area contributed by atoms with E-state index >= 15 is 0 Å². The number of amides is 5. The summed E-state index contributed by atoms with van der Waals surface area (Å²) in [4.78, 5) is 40.8. The van der Waals surface area contributed by atoms with E-state index in [9.17, 15) is 18.8 Å². The molecule has 11 heteroatoms. The summed E-state index contributed by atoms with van der Waals surface area (Å²) >= 11 is 0. The Hall–Kier alpha value is -3.73.